The Morgan fingerprint density at radius 3 is 2.50 bits per heavy atom. The summed E-state index contributed by atoms with van der Waals surface area (Å²) in [6.45, 7) is 0. The van der Waals surface area contributed by atoms with Crippen molar-refractivity contribution in [3.63, 3.8) is 0 Å². The molecular weight excluding hydrogens is 130 g/mol. The summed E-state index contributed by atoms with van der Waals surface area (Å²) in [5, 5.41) is 22.5. The van der Waals surface area contributed by atoms with Crippen molar-refractivity contribution in [3.8, 4) is 12.1 Å². The van der Waals surface area contributed by atoms with Crippen molar-refractivity contribution in [1.29, 1.82) is 10.5 Å². The predicted octanol–water partition coefficient (Wildman–Crippen LogP) is -0.265. The van der Waals surface area contributed by atoms with Gasteiger partial charge in [0.25, 0.3) is 0 Å². The second-order valence-electron chi connectivity index (χ2n) is 1.58. The van der Waals surface area contributed by atoms with Crippen molar-refractivity contribution in [2.75, 3.05) is 5.73 Å². The van der Waals surface area contributed by atoms with Gasteiger partial charge in [0, 0.05) is 0 Å². The summed E-state index contributed by atoms with van der Waals surface area (Å²) in [7, 11) is 0. The van der Waals surface area contributed by atoms with E-state index in [1.54, 1.807) is 12.1 Å². The van der Waals surface area contributed by atoms with Crippen LogP contribution in [-0.4, -0.2) is 10.2 Å². The van der Waals surface area contributed by atoms with Crippen LogP contribution in [0, 0.1) is 22.7 Å². The quantitative estimate of drug-likeness (QED) is 0.508. The van der Waals surface area contributed by atoms with Gasteiger partial charge in [-0.15, -0.1) is 0 Å². The Hall–Kier alpha value is -2.01. The molecule has 0 aliphatic carbocycles. The van der Waals surface area contributed by atoms with Crippen LogP contribution in [0.3, 0.4) is 0 Å². The van der Waals surface area contributed by atoms with Crippen LogP contribution in [-0.2, 0) is 0 Å². The predicted molar refractivity (Wildman–Crippen MR) is 32.4 cm³/mol. The zero-order chi connectivity index (χ0) is 7.56. The fourth-order valence-corrected chi connectivity index (χ4v) is 0.550. The Labute approximate surface area is 56.7 Å². The van der Waals surface area contributed by atoms with Gasteiger partial charge in [-0.25, -0.2) is 0 Å². The van der Waals surface area contributed by atoms with Crippen molar-refractivity contribution in [2.45, 2.75) is 0 Å². The van der Waals surface area contributed by atoms with Crippen LogP contribution in [0.25, 0.3) is 0 Å². The molecule has 1 aromatic heterocycles. The van der Waals surface area contributed by atoms with Crippen LogP contribution in [0.15, 0.2) is 0 Å². The van der Waals surface area contributed by atoms with Gasteiger partial charge in [0.1, 0.15) is 17.7 Å². The lowest BCUT2D eigenvalue weighted by molar-refractivity contribution is 1.08. The number of nitriles is 2. The molecule has 48 valence electrons. The molecule has 0 bridgehead atoms. The van der Waals surface area contributed by atoms with Crippen molar-refractivity contribution in [2.24, 2.45) is 0 Å². The molecule has 1 heterocycles. The first kappa shape index (κ1) is 6.12. The van der Waals surface area contributed by atoms with E-state index in [9.17, 15) is 0 Å². The molecule has 0 fully saturated rings. The smallest absolute Gasteiger partial charge is 0.164 e. The maximum Gasteiger partial charge on any atom is 0.164 e. The molecule has 5 heteroatoms. The van der Waals surface area contributed by atoms with Gasteiger partial charge in [-0.05, 0) is 0 Å². The second kappa shape index (κ2) is 2.08. The van der Waals surface area contributed by atoms with Crippen LogP contribution < -0.4 is 5.73 Å². The van der Waals surface area contributed by atoms with E-state index in [1.165, 1.54) is 0 Å². The van der Waals surface area contributed by atoms with Crippen molar-refractivity contribution in [1.82, 2.24) is 10.2 Å². The van der Waals surface area contributed by atoms with Crippen molar-refractivity contribution in [3.05, 3.63) is 11.3 Å². The maximum absolute atomic E-state index is 8.38. The third-order valence-corrected chi connectivity index (χ3v) is 1.02. The molecule has 0 saturated heterocycles. The van der Waals surface area contributed by atoms with Crippen molar-refractivity contribution >= 4 is 5.82 Å². The SMILES string of the molecule is N#Cc1[nH]nc(N)c1C#N. The molecular formula is C5H3N5. The lowest BCUT2D eigenvalue weighted by Crippen LogP contribution is -1.87. The lowest BCUT2D eigenvalue weighted by Gasteiger charge is -1.78. The van der Waals surface area contributed by atoms with E-state index >= 15 is 0 Å². The van der Waals surface area contributed by atoms with Crippen LogP contribution in [0.5, 0.6) is 0 Å². The highest BCUT2D eigenvalue weighted by Gasteiger charge is 2.07. The number of hydrogen-bond acceptors (Lipinski definition) is 4. The van der Waals surface area contributed by atoms with Gasteiger partial charge in [-0.3, -0.25) is 5.10 Å². The number of nitrogen functional groups attached to an aromatic ring is 1. The van der Waals surface area contributed by atoms with E-state index in [-0.39, 0.29) is 17.1 Å². The number of nitrogens with zero attached hydrogens (tertiary/aromatic N) is 3. The molecule has 0 radical (unpaired) electrons. The summed E-state index contributed by atoms with van der Waals surface area (Å²) in [6.07, 6.45) is 0. The number of aromatic amines is 1. The molecule has 0 amide bonds. The molecule has 0 aliphatic heterocycles. The Bertz CT molecular complexity index is 323. The molecule has 0 spiro atoms. The fourth-order valence-electron chi connectivity index (χ4n) is 0.550. The summed E-state index contributed by atoms with van der Waals surface area (Å²) >= 11 is 0. The van der Waals surface area contributed by atoms with Gasteiger partial charge < -0.3 is 5.73 Å². The Kier molecular flexibility index (Phi) is 1.27. The zero-order valence-corrected chi connectivity index (χ0v) is 4.92. The van der Waals surface area contributed by atoms with Gasteiger partial charge in [0.05, 0.1) is 0 Å². The Morgan fingerprint density at radius 1 is 1.40 bits per heavy atom. The third kappa shape index (κ3) is 0.664. The Balaban J connectivity index is 3.34. The van der Waals surface area contributed by atoms with Crippen molar-refractivity contribution < 1.29 is 0 Å². The molecule has 0 aliphatic rings. The average Bonchev–Trinajstić information content (AvgIpc) is 2.30. The molecule has 1 rings (SSSR count). The average molecular weight is 133 g/mol. The van der Waals surface area contributed by atoms with E-state index in [4.69, 9.17) is 16.3 Å². The van der Waals surface area contributed by atoms with Gasteiger partial charge in [-0.2, -0.15) is 15.6 Å². The summed E-state index contributed by atoms with van der Waals surface area (Å²) in [4.78, 5) is 0. The molecule has 0 aromatic carbocycles. The van der Waals surface area contributed by atoms with Crippen LogP contribution in [0.1, 0.15) is 11.3 Å². The fraction of sp³-hybridized carbons (Fsp3) is 0. The highest BCUT2D eigenvalue weighted by atomic mass is 15.2. The number of H-pyrrole nitrogens is 1. The van der Waals surface area contributed by atoms with Gasteiger partial charge in [0.15, 0.2) is 11.5 Å². The first-order valence-corrected chi connectivity index (χ1v) is 2.43. The van der Waals surface area contributed by atoms with Gasteiger partial charge in [0.2, 0.25) is 0 Å². The van der Waals surface area contributed by atoms with E-state index < -0.39 is 0 Å². The standard InChI is InChI=1S/C5H3N5/c6-1-3-4(2-7)9-10-5(3)8/h(H3,8,9,10). The lowest BCUT2D eigenvalue weighted by atomic mass is 10.3. The molecule has 10 heavy (non-hydrogen) atoms. The largest absolute Gasteiger partial charge is 0.381 e. The van der Waals surface area contributed by atoms with Crippen LogP contribution in [0.4, 0.5) is 5.82 Å². The summed E-state index contributed by atoms with van der Waals surface area (Å²) in [5.74, 6) is 0.0686. The second-order valence-corrected chi connectivity index (χ2v) is 1.58. The normalized spacial score (nSPS) is 8.20. The molecule has 1 aromatic rings. The summed E-state index contributed by atoms with van der Waals surface area (Å²) in [5.41, 5.74) is 5.44. The van der Waals surface area contributed by atoms with Crippen LogP contribution >= 0.6 is 0 Å². The van der Waals surface area contributed by atoms with Crippen LogP contribution in [0.2, 0.25) is 0 Å². The molecule has 5 nitrogen and oxygen atoms in total. The minimum Gasteiger partial charge on any atom is -0.381 e. The highest BCUT2D eigenvalue weighted by molar-refractivity contribution is 5.54. The Morgan fingerprint density at radius 2 is 2.10 bits per heavy atom. The molecule has 3 N–H and O–H groups in total. The number of aromatic nitrogens is 2. The van der Waals surface area contributed by atoms with E-state index in [0.29, 0.717) is 0 Å². The van der Waals surface area contributed by atoms with E-state index in [2.05, 4.69) is 10.2 Å². The number of rotatable bonds is 0. The minimum atomic E-state index is 0.0686. The first-order valence-electron chi connectivity index (χ1n) is 2.43. The zero-order valence-electron chi connectivity index (χ0n) is 4.92. The molecule has 0 unspecified atom stereocenters. The highest BCUT2D eigenvalue weighted by Crippen LogP contribution is 2.08. The van der Waals surface area contributed by atoms with Gasteiger partial charge in [-0.1, -0.05) is 0 Å². The van der Waals surface area contributed by atoms with E-state index in [1.807, 2.05) is 0 Å². The third-order valence-electron chi connectivity index (χ3n) is 1.02. The monoisotopic (exact) mass is 133 g/mol. The number of nitrogens with two attached hydrogens (primary N) is 1. The number of hydrogen-bond donors (Lipinski definition) is 2. The topological polar surface area (TPSA) is 102 Å². The minimum absolute atomic E-state index is 0.0686. The molecule has 0 saturated carbocycles. The molecule has 0 atom stereocenters. The summed E-state index contributed by atoms with van der Waals surface area (Å²) < 4.78 is 0. The number of nitrogens with one attached hydrogen (secondary N) is 1. The number of anilines is 1. The first-order chi connectivity index (χ1) is 4.79. The van der Waals surface area contributed by atoms with Gasteiger partial charge >= 0.3 is 0 Å². The summed E-state index contributed by atoms with van der Waals surface area (Å²) in [6, 6.07) is 3.50. The van der Waals surface area contributed by atoms with E-state index in [0.717, 1.165) is 0 Å². The maximum atomic E-state index is 8.38.